The van der Waals surface area contributed by atoms with Gasteiger partial charge in [0, 0.05) is 18.8 Å². The Morgan fingerprint density at radius 3 is 2.65 bits per heavy atom. The molecule has 1 fully saturated rings. The lowest BCUT2D eigenvalue weighted by Gasteiger charge is -2.09. The van der Waals surface area contributed by atoms with Crippen LogP contribution in [-0.4, -0.2) is 22.6 Å². The number of amides is 1. The highest BCUT2D eigenvalue weighted by Gasteiger charge is 2.22. The molecule has 0 bridgehead atoms. The van der Waals surface area contributed by atoms with Gasteiger partial charge in [0.1, 0.15) is 0 Å². The van der Waals surface area contributed by atoms with Crippen molar-refractivity contribution >= 4 is 5.91 Å². The molecule has 5 heteroatoms. The number of nitrogens with one attached hydrogen (secondary N) is 1. The van der Waals surface area contributed by atoms with Crippen molar-refractivity contribution < 1.29 is 14.6 Å². The number of pyridine rings is 1. The maximum atomic E-state index is 12.2. The van der Waals surface area contributed by atoms with Gasteiger partial charge in [-0.2, -0.15) is 0 Å². The minimum atomic E-state index is -0.195. The van der Waals surface area contributed by atoms with Gasteiger partial charge in [-0.1, -0.05) is 24.3 Å². The highest BCUT2D eigenvalue weighted by molar-refractivity contribution is 5.93. The van der Waals surface area contributed by atoms with Gasteiger partial charge in [-0.15, -0.1) is 0 Å². The standard InChI is InChI=1S/C18H20N2O3/c21-11-16-4-2-1-3-14(16)9-20-18(22)15-7-8-17(19-10-15)23-12-13-5-6-13/h1-4,7-8,10,13,21H,5-6,9,11-12H2,(H,20,22). The number of hydrogen-bond donors (Lipinski definition) is 2. The molecular weight excluding hydrogens is 292 g/mol. The summed E-state index contributed by atoms with van der Waals surface area (Å²) in [6.45, 7) is 1.03. The van der Waals surface area contributed by atoms with E-state index < -0.39 is 0 Å². The van der Waals surface area contributed by atoms with Crippen molar-refractivity contribution in [2.75, 3.05) is 6.61 Å². The summed E-state index contributed by atoms with van der Waals surface area (Å²) in [4.78, 5) is 16.3. The summed E-state index contributed by atoms with van der Waals surface area (Å²) in [6, 6.07) is 10.9. The Labute approximate surface area is 135 Å². The Bertz CT molecular complexity index is 666. The molecule has 5 nitrogen and oxygen atoms in total. The van der Waals surface area contributed by atoms with Crippen molar-refractivity contribution in [1.29, 1.82) is 0 Å². The average Bonchev–Trinajstić information content (AvgIpc) is 3.43. The molecular formula is C18H20N2O3. The molecule has 0 aliphatic heterocycles. The number of hydrogen-bond acceptors (Lipinski definition) is 4. The van der Waals surface area contributed by atoms with Crippen LogP contribution in [0, 0.1) is 5.92 Å². The van der Waals surface area contributed by atoms with E-state index in [1.54, 1.807) is 12.1 Å². The first-order valence-electron chi connectivity index (χ1n) is 7.81. The number of carbonyl (C=O) groups is 1. The monoisotopic (exact) mass is 312 g/mol. The van der Waals surface area contributed by atoms with Crippen LogP contribution in [0.5, 0.6) is 5.88 Å². The average molecular weight is 312 g/mol. The van der Waals surface area contributed by atoms with E-state index in [1.165, 1.54) is 19.0 Å². The summed E-state index contributed by atoms with van der Waals surface area (Å²) in [6.07, 6.45) is 3.99. The van der Waals surface area contributed by atoms with E-state index in [1.807, 2.05) is 24.3 Å². The first kappa shape index (κ1) is 15.5. The third kappa shape index (κ3) is 4.29. The van der Waals surface area contributed by atoms with Crippen molar-refractivity contribution in [3.63, 3.8) is 0 Å². The quantitative estimate of drug-likeness (QED) is 0.823. The van der Waals surface area contributed by atoms with Gasteiger partial charge in [-0.3, -0.25) is 4.79 Å². The number of nitrogens with zero attached hydrogens (tertiary/aromatic N) is 1. The first-order valence-corrected chi connectivity index (χ1v) is 7.81. The van der Waals surface area contributed by atoms with Crippen molar-refractivity contribution in [2.24, 2.45) is 5.92 Å². The van der Waals surface area contributed by atoms with Crippen LogP contribution in [0.1, 0.15) is 34.3 Å². The molecule has 0 atom stereocenters. The summed E-state index contributed by atoms with van der Waals surface area (Å²) in [5.41, 5.74) is 2.21. The first-order chi connectivity index (χ1) is 11.3. The molecule has 23 heavy (non-hydrogen) atoms. The molecule has 120 valence electrons. The molecule has 1 aliphatic carbocycles. The van der Waals surface area contributed by atoms with Crippen molar-refractivity contribution in [1.82, 2.24) is 10.3 Å². The number of ether oxygens (including phenoxy) is 1. The summed E-state index contributed by atoms with van der Waals surface area (Å²) in [5, 5.41) is 12.1. The number of benzene rings is 1. The molecule has 3 rings (SSSR count). The van der Waals surface area contributed by atoms with Gasteiger partial charge < -0.3 is 15.2 Å². The third-order valence-electron chi connectivity index (χ3n) is 3.89. The maximum absolute atomic E-state index is 12.2. The Morgan fingerprint density at radius 2 is 2.00 bits per heavy atom. The van der Waals surface area contributed by atoms with E-state index in [4.69, 9.17) is 4.74 Å². The topological polar surface area (TPSA) is 71.5 Å². The van der Waals surface area contributed by atoms with E-state index in [0.717, 1.165) is 11.1 Å². The van der Waals surface area contributed by atoms with Crippen molar-refractivity contribution in [3.05, 3.63) is 59.3 Å². The molecule has 2 N–H and O–H groups in total. The van der Waals surface area contributed by atoms with E-state index in [9.17, 15) is 9.90 Å². The molecule has 0 spiro atoms. The second-order valence-electron chi connectivity index (χ2n) is 5.75. The molecule has 0 unspecified atom stereocenters. The van der Waals surface area contributed by atoms with Crippen LogP contribution in [0.4, 0.5) is 0 Å². The second kappa shape index (κ2) is 7.24. The van der Waals surface area contributed by atoms with E-state index >= 15 is 0 Å². The fourth-order valence-electron chi connectivity index (χ4n) is 2.25. The van der Waals surface area contributed by atoms with E-state index in [2.05, 4.69) is 10.3 Å². The number of rotatable bonds is 7. The fourth-order valence-corrected chi connectivity index (χ4v) is 2.25. The molecule has 2 aromatic rings. The molecule has 1 aromatic heterocycles. The number of aliphatic hydroxyl groups excluding tert-OH is 1. The Hall–Kier alpha value is -2.40. The van der Waals surface area contributed by atoms with Gasteiger partial charge in [0.05, 0.1) is 18.8 Å². The molecule has 1 amide bonds. The lowest BCUT2D eigenvalue weighted by Crippen LogP contribution is -2.23. The van der Waals surface area contributed by atoms with Crippen molar-refractivity contribution in [2.45, 2.75) is 26.0 Å². The molecule has 0 radical (unpaired) electrons. The predicted octanol–water partition coefficient (Wildman–Crippen LogP) is 2.29. The van der Waals surface area contributed by atoms with Gasteiger partial charge in [-0.05, 0) is 36.0 Å². The summed E-state index contributed by atoms with van der Waals surface area (Å²) >= 11 is 0. The van der Waals surface area contributed by atoms with Gasteiger partial charge in [0.25, 0.3) is 5.91 Å². The lowest BCUT2D eigenvalue weighted by atomic mass is 10.1. The lowest BCUT2D eigenvalue weighted by molar-refractivity contribution is 0.0950. The van der Waals surface area contributed by atoms with Crippen LogP contribution in [-0.2, 0) is 13.2 Å². The van der Waals surface area contributed by atoms with Gasteiger partial charge >= 0.3 is 0 Å². The zero-order valence-corrected chi connectivity index (χ0v) is 12.9. The summed E-state index contributed by atoms with van der Waals surface area (Å²) in [7, 11) is 0. The SMILES string of the molecule is O=C(NCc1ccccc1CO)c1ccc(OCC2CC2)nc1. The third-order valence-corrected chi connectivity index (χ3v) is 3.89. The number of carbonyl (C=O) groups excluding carboxylic acids is 1. The van der Waals surface area contributed by atoms with Crippen LogP contribution >= 0.6 is 0 Å². The van der Waals surface area contributed by atoms with Crippen LogP contribution < -0.4 is 10.1 Å². The molecule has 1 saturated carbocycles. The summed E-state index contributed by atoms with van der Waals surface area (Å²) < 4.78 is 5.55. The van der Waals surface area contributed by atoms with Gasteiger partial charge in [0.15, 0.2) is 0 Å². The highest BCUT2D eigenvalue weighted by atomic mass is 16.5. The molecule has 1 heterocycles. The molecule has 0 saturated heterocycles. The van der Waals surface area contributed by atoms with E-state index in [-0.39, 0.29) is 12.5 Å². The molecule has 1 aromatic carbocycles. The zero-order chi connectivity index (χ0) is 16.1. The van der Waals surface area contributed by atoms with Crippen LogP contribution in [0.2, 0.25) is 0 Å². The predicted molar refractivity (Wildman–Crippen MR) is 86.0 cm³/mol. The number of aromatic nitrogens is 1. The fraction of sp³-hybridized carbons (Fsp3) is 0.333. The van der Waals surface area contributed by atoms with Crippen molar-refractivity contribution in [3.8, 4) is 5.88 Å². The zero-order valence-electron chi connectivity index (χ0n) is 12.9. The Morgan fingerprint density at radius 1 is 1.22 bits per heavy atom. The van der Waals surface area contributed by atoms with Gasteiger partial charge in [0.2, 0.25) is 5.88 Å². The Kier molecular flexibility index (Phi) is 4.88. The van der Waals surface area contributed by atoms with Gasteiger partial charge in [-0.25, -0.2) is 4.98 Å². The minimum absolute atomic E-state index is 0.0410. The maximum Gasteiger partial charge on any atom is 0.253 e. The number of aliphatic hydroxyl groups is 1. The van der Waals surface area contributed by atoms with Crippen LogP contribution in [0.3, 0.4) is 0 Å². The largest absolute Gasteiger partial charge is 0.477 e. The highest BCUT2D eigenvalue weighted by Crippen LogP contribution is 2.29. The summed E-state index contributed by atoms with van der Waals surface area (Å²) in [5.74, 6) is 1.03. The van der Waals surface area contributed by atoms with Crippen LogP contribution in [0.15, 0.2) is 42.6 Å². The minimum Gasteiger partial charge on any atom is -0.477 e. The van der Waals surface area contributed by atoms with Crippen LogP contribution in [0.25, 0.3) is 0 Å². The normalized spacial score (nSPS) is 13.6. The van der Waals surface area contributed by atoms with E-state index in [0.29, 0.717) is 30.5 Å². The Balaban J connectivity index is 1.54. The smallest absolute Gasteiger partial charge is 0.253 e. The second-order valence-corrected chi connectivity index (χ2v) is 5.75. The molecule has 1 aliphatic rings.